The maximum atomic E-state index is 12.2. The van der Waals surface area contributed by atoms with E-state index in [-0.39, 0.29) is 5.91 Å². The van der Waals surface area contributed by atoms with Gasteiger partial charge in [0, 0.05) is 11.0 Å². The lowest BCUT2D eigenvalue weighted by atomic mass is 9.80. The highest BCUT2D eigenvalue weighted by Gasteiger charge is 2.22. The molecule has 0 bridgehead atoms. The van der Waals surface area contributed by atoms with Gasteiger partial charge in [0.2, 0.25) is 0 Å². The second-order valence-electron chi connectivity index (χ2n) is 5.67. The van der Waals surface area contributed by atoms with Crippen molar-refractivity contribution in [2.45, 2.75) is 39.5 Å². The zero-order valence-corrected chi connectivity index (χ0v) is 13.3. The van der Waals surface area contributed by atoms with Crippen LogP contribution in [0.4, 0.5) is 0 Å². The standard InChI is InChI=1S/C16H22BrNO/c1-11-6-3-4-8-13(11)10-18-16(19)14-9-5-7-12(2)15(14)17/h5,7,9,11,13H,3-4,6,8,10H2,1-2H3,(H,18,19). The van der Waals surface area contributed by atoms with E-state index in [2.05, 4.69) is 28.2 Å². The van der Waals surface area contributed by atoms with E-state index in [1.54, 1.807) is 0 Å². The molecule has 1 aromatic rings. The highest BCUT2D eigenvalue weighted by molar-refractivity contribution is 9.10. The summed E-state index contributed by atoms with van der Waals surface area (Å²) in [6, 6.07) is 5.80. The van der Waals surface area contributed by atoms with Gasteiger partial charge in [-0.3, -0.25) is 4.79 Å². The molecule has 2 atom stereocenters. The van der Waals surface area contributed by atoms with Gasteiger partial charge in [-0.15, -0.1) is 0 Å². The number of amides is 1. The number of carbonyl (C=O) groups excluding carboxylic acids is 1. The van der Waals surface area contributed by atoms with Crippen LogP contribution in [0.15, 0.2) is 22.7 Å². The Labute approximate surface area is 124 Å². The number of halogens is 1. The maximum Gasteiger partial charge on any atom is 0.252 e. The SMILES string of the molecule is Cc1cccc(C(=O)NCC2CCCCC2C)c1Br. The van der Waals surface area contributed by atoms with Gasteiger partial charge in [-0.25, -0.2) is 0 Å². The summed E-state index contributed by atoms with van der Waals surface area (Å²) in [5.74, 6) is 1.41. The molecule has 104 valence electrons. The molecule has 19 heavy (non-hydrogen) atoms. The van der Waals surface area contributed by atoms with Gasteiger partial charge in [-0.05, 0) is 52.7 Å². The minimum absolute atomic E-state index is 0.0355. The minimum Gasteiger partial charge on any atom is -0.352 e. The third-order valence-electron chi connectivity index (χ3n) is 4.25. The number of hydrogen-bond acceptors (Lipinski definition) is 1. The van der Waals surface area contributed by atoms with Crippen molar-refractivity contribution in [1.29, 1.82) is 0 Å². The van der Waals surface area contributed by atoms with Crippen molar-refractivity contribution in [3.8, 4) is 0 Å². The molecule has 0 aromatic heterocycles. The average molecular weight is 324 g/mol. The fraction of sp³-hybridized carbons (Fsp3) is 0.562. The summed E-state index contributed by atoms with van der Waals surface area (Å²) in [5, 5.41) is 3.10. The zero-order chi connectivity index (χ0) is 13.8. The number of rotatable bonds is 3. The minimum atomic E-state index is 0.0355. The van der Waals surface area contributed by atoms with E-state index in [9.17, 15) is 4.79 Å². The second-order valence-corrected chi connectivity index (χ2v) is 6.46. The Balaban J connectivity index is 1.95. The molecule has 1 fully saturated rings. The van der Waals surface area contributed by atoms with Crippen molar-refractivity contribution >= 4 is 21.8 Å². The second kappa shape index (κ2) is 6.56. The van der Waals surface area contributed by atoms with Gasteiger partial charge in [0.05, 0.1) is 5.56 Å². The molecule has 1 aromatic carbocycles. The lowest BCUT2D eigenvalue weighted by Gasteiger charge is -2.28. The van der Waals surface area contributed by atoms with Gasteiger partial charge in [-0.1, -0.05) is 38.3 Å². The molecule has 0 saturated heterocycles. The molecule has 0 spiro atoms. The number of benzene rings is 1. The summed E-state index contributed by atoms with van der Waals surface area (Å²) < 4.78 is 0.907. The smallest absolute Gasteiger partial charge is 0.252 e. The van der Waals surface area contributed by atoms with E-state index in [0.717, 1.165) is 28.1 Å². The molecule has 1 amide bonds. The number of nitrogens with one attached hydrogen (secondary N) is 1. The summed E-state index contributed by atoms with van der Waals surface area (Å²) in [6.45, 7) is 5.11. The van der Waals surface area contributed by atoms with Crippen LogP contribution in [0.5, 0.6) is 0 Å². The van der Waals surface area contributed by atoms with Crippen LogP contribution in [0.3, 0.4) is 0 Å². The molecule has 3 heteroatoms. The lowest BCUT2D eigenvalue weighted by Crippen LogP contribution is -2.33. The Bertz CT molecular complexity index is 458. The highest BCUT2D eigenvalue weighted by Crippen LogP contribution is 2.29. The summed E-state index contributed by atoms with van der Waals surface area (Å²) in [5.41, 5.74) is 1.84. The molecular formula is C16H22BrNO. The molecule has 0 heterocycles. The topological polar surface area (TPSA) is 29.1 Å². The molecular weight excluding hydrogens is 302 g/mol. The van der Waals surface area contributed by atoms with Crippen molar-refractivity contribution in [3.05, 3.63) is 33.8 Å². The Morgan fingerprint density at radius 2 is 2.11 bits per heavy atom. The van der Waals surface area contributed by atoms with E-state index in [1.165, 1.54) is 25.7 Å². The molecule has 1 aliphatic carbocycles. The quantitative estimate of drug-likeness (QED) is 0.882. The summed E-state index contributed by atoms with van der Waals surface area (Å²) >= 11 is 3.50. The number of aryl methyl sites for hydroxylation is 1. The first kappa shape index (κ1) is 14.6. The van der Waals surface area contributed by atoms with Gasteiger partial charge in [0.25, 0.3) is 5.91 Å². The monoisotopic (exact) mass is 323 g/mol. The third kappa shape index (κ3) is 3.59. The van der Waals surface area contributed by atoms with E-state index in [0.29, 0.717) is 5.92 Å². The predicted octanol–water partition coefficient (Wildman–Crippen LogP) is 4.31. The molecule has 2 rings (SSSR count). The van der Waals surface area contributed by atoms with E-state index in [1.807, 2.05) is 25.1 Å². The van der Waals surface area contributed by atoms with Crippen molar-refractivity contribution in [2.24, 2.45) is 11.8 Å². The van der Waals surface area contributed by atoms with E-state index < -0.39 is 0 Å². The van der Waals surface area contributed by atoms with E-state index >= 15 is 0 Å². The first-order chi connectivity index (χ1) is 9.09. The third-order valence-corrected chi connectivity index (χ3v) is 5.30. The molecule has 2 nitrogen and oxygen atoms in total. The van der Waals surface area contributed by atoms with Crippen LogP contribution in [0.25, 0.3) is 0 Å². The first-order valence-electron chi connectivity index (χ1n) is 7.13. The molecule has 0 aliphatic heterocycles. The molecule has 1 N–H and O–H groups in total. The zero-order valence-electron chi connectivity index (χ0n) is 11.7. The van der Waals surface area contributed by atoms with Crippen LogP contribution in [0, 0.1) is 18.8 Å². The van der Waals surface area contributed by atoms with Crippen LogP contribution in [-0.2, 0) is 0 Å². The predicted molar refractivity (Wildman–Crippen MR) is 82.3 cm³/mol. The Morgan fingerprint density at radius 1 is 1.37 bits per heavy atom. The molecule has 1 saturated carbocycles. The summed E-state index contributed by atoms with van der Waals surface area (Å²) in [7, 11) is 0. The van der Waals surface area contributed by atoms with Crippen molar-refractivity contribution < 1.29 is 4.79 Å². The van der Waals surface area contributed by atoms with E-state index in [4.69, 9.17) is 0 Å². The largest absolute Gasteiger partial charge is 0.352 e. The van der Waals surface area contributed by atoms with Gasteiger partial charge in [0.15, 0.2) is 0 Å². The molecule has 1 aliphatic rings. The number of hydrogen-bond donors (Lipinski definition) is 1. The Kier molecular flexibility index (Phi) is 5.03. The van der Waals surface area contributed by atoms with Crippen molar-refractivity contribution in [3.63, 3.8) is 0 Å². The van der Waals surface area contributed by atoms with Gasteiger partial charge in [-0.2, -0.15) is 0 Å². The Hall–Kier alpha value is -0.830. The summed E-state index contributed by atoms with van der Waals surface area (Å²) in [4.78, 5) is 12.2. The van der Waals surface area contributed by atoms with Gasteiger partial charge in [0.1, 0.15) is 0 Å². The van der Waals surface area contributed by atoms with Crippen LogP contribution >= 0.6 is 15.9 Å². The normalized spacial score (nSPS) is 23.1. The first-order valence-corrected chi connectivity index (χ1v) is 7.92. The summed E-state index contributed by atoms with van der Waals surface area (Å²) in [6.07, 6.45) is 5.19. The van der Waals surface area contributed by atoms with Crippen LogP contribution < -0.4 is 5.32 Å². The van der Waals surface area contributed by atoms with Gasteiger partial charge < -0.3 is 5.32 Å². The van der Waals surface area contributed by atoms with Crippen molar-refractivity contribution in [2.75, 3.05) is 6.54 Å². The van der Waals surface area contributed by atoms with Crippen LogP contribution in [0.1, 0.15) is 48.5 Å². The van der Waals surface area contributed by atoms with Crippen LogP contribution in [0.2, 0.25) is 0 Å². The fourth-order valence-electron chi connectivity index (χ4n) is 2.84. The Morgan fingerprint density at radius 3 is 2.84 bits per heavy atom. The van der Waals surface area contributed by atoms with Gasteiger partial charge >= 0.3 is 0 Å². The highest BCUT2D eigenvalue weighted by atomic mass is 79.9. The van der Waals surface area contributed by atoms with Crippen LogP contribution in [-0.4, -0.2) is 12.5 Å². The average Bonchev–Trinajstić information content (AvgIpc) is 2.40. The van der Waals surface area contributed by atoms with Crippen molar-refractivity contribution in [1.82, 2.24) is 5.32 Å². The maximum absolute atomic E-state index is 12.2. The lowest BCUT2D eigenvalue weighted by molar-refractivity contribution is 0.0935. The molecule has 2 unspecified atom stereocenters. The fourth-order valence-corrected chi connectivity index (χ4v) is 3.28. The number of carbonyl (C=O) groups is 1. The molecule has 0 radical (unpaired) electrons.